The molecule has 0 unspecified atom stereocenters. The van der Waals surface area contributed by atoms with Gasteiger partial charge in [-0.05, 0) is 6.07 Å². The van der Waals surface area contributed by atoms with Crippen LogP contribution in [0.15, 0.2) is 24.3 Å². The third-order valence-electron chi connectivity index (χ3n) is 2.20. The van der Waals surface area contributed by atoms with Crippen molar-refractivity contribution in [3.63, 3.8) is 0 Å². The van der Waals surface area contributed by atoms with Gasteiger partial charge >= 0.3 is 0 Å². The molecule has 1 aliphatic heterocycles. The van der Waals surface area contributed by atoms with Crippen LogP contribution in [0.4, 0.5) is 0 Å². The summed E-state index contributed by atoms with van der Waals surface area (Å²) in [4.78, 5) is 0. The molecule has 0 spiro atoms. The molecule has 1 aromatic rings. The third-order valence-corrected chi connectivity index (χ3v) is 4.40. The number of hydrogen-bond acceptors (Lipinski definition) is 4. The largest absolute Gasteiger partial charge is 0.488 e. The zero-order chi connectivity index (χ0) is 11.6. The Morgan fingerprint density at radius 3 is 2.62 bits per heavy atom. The van der Waals surface area contributed by atoms with E-state index in [2.05, 4.69) is 0 Å². The zero-order valence-corrected chi connectivity index (χ0v) is 10.8. The van der Waals surface area contributed by atoms with E-state index >= 15 is 0 Å². The van der Waals surface area contributed by atoms with Crippen LogP contribution >= 0.6 is 22.4 Å². The molecule has 0 aromatic heterocycles. The summed E-state index contributed by atoms with van der Waals surface area (Å²) in [5.41, 5.74) is 0.620. The summed E-state index contributed by atoms with van der Waals surface area (Å²) in [6, 6.07) is 7.10. The summed E-state index contributed by atoms with van der Waals surface area (Å²) >= 11 is 1.81. The average Bonchev–Trinajstić information content (AvgIpc) is 2.11. The molecule has 0 bridgehead atoms. The SMILES string of the molecule is O=S(=O)(Cl)Cc1ccccc1OC1CSC1. The number of halogens is 1. The van der Waals surface area contributed by atoms with Gasteiger partial charge in [0.15, 0.2) is 0 Å². The van der Waals surface area contributed by atoms with Crippen LogP contribution in [-0.2, 0) is 14.8 Å². The van der Waals surface area contributed by atoms with Crippen molar-refractivity contribution < 1.29 is 13.2 Å². The van der Waals surface area contributed by atoms with E-state index in [1.54, 1.807) is 18.2 Å². The molecule has 1 fully saturated rings. The lowest BCUT2D eigenvalue weighted by Crippen LogP contribution is -2.31. The Hall–Kier alpha value is -0.390. The van der Waals surface area contributed by atoms with Gasteiger partial charge in [0.2, 0.25) is 9.05 Å². The van der Waals surface area contributed by atoms with Crippen molar-refractivity contribution in [2.75, 3.05) is 11.5 Å². The molecule has 0 atom stereocenters. The fourth-order valence-corrected chi connectivity index (χ4v) is 2.91. The van der Waals surface area contributed by atoms with Gasteiger partial charge in [0.1, 0.15) is 11.9 Å². The Morgan fingerprint density at radius 1 is 1.38 bits per heavy atom. The quantitative estimate of drug-likeness (QED) is 0.793. The molecular formula is C10H11ClO3S2. The third kappa shape index (κ3) is 3.30. The highest BCUT2D eigenvalue weighted by Crippen LogP contribution is 2.27. The van der Waals surface area contributed by atoms with Crippen molar-refractivity contribution in [1.82, 2.24) is 0 Å². The van der Waals surface area contributed by atoms with Gasteiger partial charge < -0.3 is 4.74 Å². The van der Waals surface area contributed by atoms with E-state index in [0.717, 1.165) is 11.5 Å². The first-order chi connectivity index (χ1) is 7.54. The first kappa shape index (κ1) is 12.1. The summed E-state index contributed by atoms with van der Waals surface area (Å²) in [7, 11) is 1.70. The summed E-state index contributed by atoms with van der Waals surface area (Å²) in [5.74, 6) is 2.35. The monoisotopic (exact) mass is 278 g/mol. The van der Waals surface area contributed by atoms with E-state index in [9.17, 15) is 8.42 Å². The van der Waals surface area contributed by atoms with Crippen LogP contribution in [0.5, 0.6) is 5.75 Å². The molecule has 0 N–H and O–H groups in total. The predicted octanol–water partition coefficient (Wildman–Crippen LogP) is 2.25. The summed E-state index contributed by atoms with van der Waals surface area (Å²) < 4.78 is 27.7. The van der Waals surface area contributed by atoms with Gasteiger partial charge in [-0.1, -0.05) is 18.2 Å². The van der Waals surface area contributed by atoms with Crippen LogP contribution in [0.25, 0.3) is 0 Å². The minimum absolute atomic E-state index is 0.190. The first-order valence-electron chi connectivity index (χ1n) is 4.79. The summed E-state index contributed by atoms with van der Waals surface area (Å²) in [6.07, 6.45) is 0.198. The van der Waals surface area contributed by atoms with Crippen molar-refractivity contribution in [2.45, 2.75) is 11.9 Å². The Morgan fingerprint density at radius 2 is 2.06 bits per heavy atom. The van der Waals surface area contributed by atoms with E-state index in [4.69, 9.17) is 15.4 Å². The Labute approximate surface area is 104 Å². The Kier molecular flexibility index (Phi) is 3.66. The molecule has 6 heteroatoms. The van der Waals surface area contributed by atoms with Gasteiger partial charge in [-0.3, -0.25) is 0 Å². The second kappa shape index (κ2) is 4.85. The highest BCUT2D eigenvalue weighted by molar-refractivity contribution is 8.13. The average molecular weight is 279 g/mol. The molecule has 1 saturated heterocycles. The number of thioether (sulfide) groups is 1. The molecule has 0 aliphatic carbocycles. The highest BCUT2D eigenvalue weighted by atomic mass is 35.7. The molecule has 2 rings (SSSR count). The van der Waals surface area contributed by atoms with Crippen molar-refractivity contribution in [3.05, 3.63) is 29.8 Å². The maximum absolute atomic E-state index is 11.0. The van der Waals surface area contributed by atoms with Crippen LogP contribution in [-0.4, -0.2) is 26.0 Å². The van der Waals surface area contributed by atoms with Gasteiger partial charge in [0.25, 0.3) is 0 Å². The van der Waals surface area contributed by atoms with Crippen LogP contribution in [0.2, 0.25) is 0 Å². The van der Waals surface area contributed by atoms with E-state index in [-0.39, 0.29) is 11.9 Å². The van der Waals surface area contributed by atoms with E-state index in [0.29, 0.717) is 11.3 Å². The smallest absolute Gasteiger partial charge is 0.236 e. The standard InChI is InChI=1S/C10H11ClO3S2/c11-16(12,13)7-8-3-1-2-4-10(8)14-9-5-15-6-9/h1-4,9H,5-7H2. The van der Waals surface area contributed by atoms with E-state index in [1.807, 2.05) is 17.8 Å². The number of rotatable bonds is 4. The lowest BCUT2D eigenvalue weighted by Gasteiger charge is -2.26. The molecular weight excluding hydrogens is 268 g/mol. The van der Waals surface area contributed by atoms with E-state index in [1.165, 1.54) is 0 Å². The van der Waals surface area contributed by atoms with E-state index < -0.39 is 9.05 Å². The number of para-hydroxylation sites is 1. The van der Waals surface area contributed by atoms with Crippen molar-refractivity contribution in [1.29, 1.82) is 0 Å². The topological polar surface area (TPSA) is 43.4 Å². The highest BCUT2D eigenvalue weighted by Gasteiger charge is 2.21. The fourth-order valence-electron chi connectivity index (χ4n) is 1.39. The maximum Gasteiger partial charge on any atom is 0.236 e. The Balaban J connectivity index is 2.16. The minimum Gasteiger partial charge on any atom is -0.488 e. The second-order valence-electron chi connectivity index (χ2n) is 3.57. The van der Waals surface area contributed by atoms with Gasteiger partial charge in [-0.15, -0.1) is 0 Å². The zero-order valence-electron chi connectivity index (χ0n) is 8.43. The normalized spacial score (nSPS) is 16.8. The van der Waals surface area contributed by atoms with Gasteiger partial charge in [0, 0.05) is 27.8 Å². The molecule has 3 nitrogen and oxygen atoms in total. The molecule has 0 saturated carbocycles. The van der Waals surface area contributed by atoms with Gasteiger partial charge in [-0.25, -0.2) is 8.42 Å². The van der Waals surface area contributed by atoms with Gasteiger partial charge in [-0.2, -0.15) is 11.8 Å². The summed E-state index contributed by atoms with van der Waals surface area (Å²) in [5, 5.41) is 0. The predicted molar refractivity (Wildman–Crippen MR) is 66.7 cm³/mol. The molecule has 88 valence electrons. The lowest BCUT2D eigenvalue weighted by molar-refractivity contribution is 0.238. The first-order valence-corrected chi connectivity index (χ1v) is 8.42. The van der Waals surface area contributed by atoms with Crippen molar-refractivity contribution >= 4 is 31.5 Å². The van der Waals surface area contributed by atoms with Crippen LogP contribution in [0, 0.1) is 0 Å². The second-order valence-corrected chi connectivity index (χ2v) is 7.42. The van der Waals surface area contributed by atoms with Crippen LogP contribution < -0.4 is 4.74 Å². The molecule has 1 heterocycles. The van der Waals surface area contributed by atoms with Crippen LogP contribution in [0.1, 0.15) is 5.56 Å². The number of benzene rings is 1. The number of hydrogen-bond donors (Lipinski definition) is 0. The number of ether oxygens (including phenoxy) is 1. The molecule has 16 heavy (non-hydrogen) atoms. The maximum atomic E-state index is 11.0. The molecule has 0 amide bonds. The Bertz CT molecular complexity index is 469. The fraction of sp³-hybridized carbons (Fsp3) is 0.400. The molecule has 1 aromatic carbocycles. The van der Waals surface area contributed by atoms with Crippen molar-refractivity contribution in [3.8, 4) is 5.75 Å². The molecule has 0 radical (unpaired) electrons. The summed E-state index contributed by atoms with van der Waals surface area (Å²) in [6.45, 7) is 0. The van der Waals surface area contributed by atoms with Crippen LogP contribution in [0.3, 0.4) is 0 Å². The van der Waals surface area contributed by atoms with Crippen molar-refractivity contribution in [2.24, 2.45) is 0 Å². The molecule has 1 aliphatic rings. The lowest BCUT2D eigenvalue weighted by atomic mass is 10.2. The van der Waals surface area contributed by atoms with Gasteiger partial charge in [0.05, 0.1) is 5.75 Å². The minimum atomic E-state index is -3.54.